The van der Waals surface area contributed by atoms with Gasteiger partial charge < -0.3 is 0 Å². The van der Waals surface area contributed by atoms with Crippen molar-refractivity contribution in [2.24, 2.45) is 0 Å². The van der Waals surface area contributed by atoms with E-state index in [1.165, 1.54) is 6.07 Å². The van der Waals surface area contributed by atoms with Crippen molar-refractivity contribution < 1.29 is 4.39 Å². The monoisotopic (exact) mass is 301 g/mol. The van der Waals surface area contributed by atoms with Gasteiger partial charge in [0, 0.05) is 15.6 Å². The van der Waals surface area contributed by atoms with Crippen LogP contribution < -0.4 is 0 Å². The van der Waals surface area contributed by atoms with Gasteiger partial charge in [-0.05, 0) is 31.0 Å². The molecule has 0 radical (unpaired) electrons. The molecule has 1 aromatic carbocycles. The highest BCUT2D eigenvalue weighted by Gasteiger charge is 2.13. The van der Waals surface area contributed by atoms with Crippen molar-refractivity contribution in [2.75, 3.05) is 0 Å². The molecule has 4 heteroatoms. The number of hydrogen-bond donors (Lipinski definition) is 0. The molecule has 0 amide bonds. The standard InChI is InChI=1S/C12H10BrClFN/c1-3-8-6(2)16-12-9(11(8)14)4-7(13)5-10(12)15/h4-5H,3H2,1-2H3. The van der Waals surface area contributed by atoms with Crippen molar-refractivity contribution in [3.05, 3.63) is 38.7 Å². The lowest BCUT2D eigenvalue weighted by molar-refractivity contribution is 0.635. The molecular weight excluding hydrogens is 292 g/mol. The molecule has 1 nitrogen and oxygen atoms in total. The lowest BCUT2D eigenvalue weighted by Gasteiger charge is -2.10. The fourth-order valence-electron chi connectivity index (χ4n) is 1.81. The van der Waals surface area contributed by atoms with E-state index in [9.17, 15) is 4.39 Å². The molecule has 0 aliphatic rings. The Labute approximate surface area is 107 Å². The zero-order chi connectivity index (χ0) is 11.9. The molecule has 0 unspecified atom stereocenters. The largest absolute Gasteiger partial charge is 0.250 e. The Morgan fingerprint density at radius 1 is 1.44 bits per heavy atom. The van der Waals surface area contributed by atoms with E-state index in [1.807, 2.05) is 13.8 Å². The van der Waals surface area contributed by atoms with Crippen LogP contribution >= 0.6 is 27.5 Å². The van der Waals surface area contributed by atoms with E-state index in [0.29, 0.717) is 20.4 Å². The summed E-state index contributed by atoms with van der Waals surface area (Å²) in [6.07, 6.45) is 0.793. The average molecular weight is 303 g/mol. The van der Waals surface area contributed by atoms with E-state index in [2.05, 4.69) is 20.9 Å². The van der Waals surface area contributed by atoms with E-state index < -0.39 is 0 Å². The van der Waals surface area contributed by atoms with Crippen LogP contribution in [-0.2, 0) is 6.42 Å². The molecule has 0 N–H and O–H groups in total. The van der Waals surface area contributed by atoms with E-state index in [-0.39, 0.29) is 5.82 Å². The molecule has 0 atom stereocenters. The summed E-state index contributed by atoms with van der Waals surface area (Å²) in [5.74, 6) is -0.350. The normalized spacial score (nSPS) is 11.1. The Bertz CT molecular complexity index is 569. The van der Waals surface area contributed by atoms with Crippen molar-refractivity contribution in [2.45, 2.75) is 20.3 Å². The van der Waals surface area contributed by atoms with Crippen molar-refractivity contribution >= 4 is 38.4 Å². The van der Waals surface area contributed by atoms with Crippen LogP contribution in [0.25, 0.3) is 10.9 Å². The molecule has 16 heavy (non-hydrogen) atoms. The van der Waals surface area contributed by atoms with Crippen molar-refractivity contribution in [3.8, 4) is 0 Å². The lowest BCUT2D eigenvalue weighted by Crippen LogP contribution is -1.96. The molecule has 0 aliphatic heterocycles. The minimum atomic E-state index is -0.350. The number of hydrogen-bond acceptors (Lipinski definition) is 1. The Kier molecular flexibility index (Phi) is 3.17. The number of nitrogens with zero attached hydrogens (tertiary/aromatic N) is 1. The number of halogens is 3. The SMILES string of the molecule is CCc1c(C)nc2c(F)cc(Br)cc2c1Cl. The fourth-order valence-corrected chi connectivity index (χ4v) is 2.66. The van der Waals surface area contributed by atoms with Gasteiger partial charge >= 0.3 is 0 Å². The molecule has 84 valence electrons. The Hall–Kier alpha value is -0.670. The van der Waals surface area contributed by atoms with Gasteiger partial charge in [-0.25, -0.2) is 9.37 Å². The second-order valence-corrected chi connectivity index (χ2v) is 4.92. The summed E-state index contributed by atoms with van der Waals surface area (Å²) in [5, 5.41) is 1.26. The predicted molar refractivity (Wildman–Crippen MR) is 68.5 cm³/mol. The zero-order valence-electron chi connectivity index (χ0n) is 8.94. The van der Waals surface area contributed by atoms with Gasteiger partial charge in [-0.15, -0.1) is 0 Å². The summed E-state index contributed by atoms with van der Waals surface area (Å²) in [6.45, 7) is 3.86. The van der Waals surface area contributed by atoms with Gasteiger partial charge in [0.05, 0.1) is 5.02 Å². The minimum absolute atomic E-state index is 0.336. The highest BCUT2D eigenvalue weighted by atomic mass is 79.9. The fraction of sp³-hybridized carbons (Fsp3) is 0.250. The number of benzene rings is 1. The van der Waals surface area contributed by atoms with Crippen LogP contribution in [0.3, 0.4) is 0 Å². The first-order valence-corrected chi connectivity index (χ1v) is 6.15. The van der Waals surface area contributed by atoms with Crippen molar-refractivity contribution in [1.82, 2.24) is 4.98 Å². The third-order valence-corrected chi connectivity index (χ3v) is 3.49. The number of pyridine rings is 1. The van der Waals surface area contributed by atoms with Gasteiger partial charge in [0.25, 0.3) is 0 Å². The molecule has 0 saturated heterocycles. The third-order valence-electron chi connectivity index (χ3n) is 2.60. The molecule has 1 aromatic heterocycles. The number of aromatic nitrogens is 1. The second kappa shape index (κ2) is 4.30. The van der Waals surface area contributed by atoms with Crippen molar-refractivity contribution in [3.63, 3.8) is 0 Å². The summed E-state index contributed by atoms with van der Waals surface area (Å²) < 4.78 is 14.4. The highest BCUT2D eigenvalue weighted by Crippen LogP contribution is 2.32. The van der Waals surface area contributed by atoms with Gasteiger partial charge in [0.2, 0.25) is 0 Å². The molecule has 0 fully saturated rings. The highest BCUT2D eigenvalue weighted by molar-refractivity contribution is 9.10. The first-order valence-electron chi connectivity index (χ1n) is 4.98. The van der Waals surface area contributed by atoms with E-state index >= 15 is 0 Å². The van der Waals surface area contributed by atoms with Gasteiger partial charge in [-0.2, -0.15) is 0 Å². The Balaban J connectivity index is 2.93. The molecule has 0 saturated carbocycles. The van der Waals surface area contributed by atoms with Crippen LogP contribution in [0.4, 0.5) is 4.39 Å². The predicted octanol–water partition coefficient (Wildman–Crippen LogP) is 4.66. The van der Waals surface area contributed by atoms with Crippen molar-refractivity contribution in [1.29, 1.82) is 0 Å². The molecule has 0 aliphatic carbocycles. The number of rotatable bonds is 1. The maximum Gasteiger partial charge on any atom is 0.150 e. The van der Waals surface area contributed by atoms with Crippen LogP contribution in [0.15, 0.2) is 16.6 Å². The number of fused-ring (bicyclic) bond motifs is 1. The lowest BCUT2D eigenvalue weighted by atomic mass is 10.1. The third kappa shape index (κ3) is 1.82. The van der Waals surface area contributed by atoms with E-state index in [1.54, 1.807) is 6.07 Å². The summed E-state index contributed by atoms with van der Waals surface area (Å²) in [4.78, 5) is 4.27. The molecule has 0 spiro atoms. The summed E-state index contributed by atoms with van der Waals surface area (Å²) >= 11 is 9.52. The van der Waals surface area contributed by atoms with Crippen LogP contribution in [0.2, 0.25) is 5.02 Å². The van der Waals surface area contributed by atoms with Gasteiger partial charge in [-0.3, -0.25) is 0 Å². The molecule has 2 aromatic rings. The Morgan fingerprint density at radius 2 is 2.12 bits per heavy atom. The summed E-state index contributed by atoms with van der Waals surface area (Å²) in [6, 6.07) is 3.20. The Morgan fingerprint density at radius 3 is 2.75 bits per heavy atom. The van der Waals surface area contributed by atoms with Gasteiger partial charge in [0.1, 0.15) is 5.52 Å². The second-order valence-electron chi connectivity index (χ2n) is 3.63. The molecular formula is C12H10BrClFN. The maximum absolute atomic E-state index is 13.7. The van der Waals surface area contributed by atoms with Gasteiger partial charge in [-0.1, -0.05) is 34.5 Å². The van der Waals surface area contributed by atoms with Gasteiger partial charge in [0.15, 0.2) is 5.82 Å². The quantitative estimate of drug-likeness (QED) is 0.746. The molecule has 2 rings (SSSR count). The minimum Gasteiger partial charge on any atom is -0.250 e. The van der Waals surface area contributed by atoms with Crippen LogP contribution in [0.5, 0.6) is 0 Å². The first kappa shape index (κ1) is 11.8. The molecule has 0 bridgehead atoms. The van der Waals surface area contributed by atoms with E-state index in [0.717, 1.165) is 17.7 Å². The maximum atomic E-state index is 13.7. The topological polar surface area (TPSA) is 12.9 Å². The smallest absolute Gasteiger partial charge is 0.150 e. The van der Waals surface area contributed by atoms with E-state index in [4.69, 9.17) is 11.6 Å². The summed E-state index contributed by atoms with van der Waals surface area (Å²) in [5.41, 5.74) is 2.11. The van der Waals surface area contributed by atoms with Crippen LogP contribution in [0.1, 0.15) is 18.2 Å². The zero-order valence-corrected chi connectivity index (χ0v) is 11.3. The number of aryl methyl sites for hydroxylation is 1. The van der Waals surface area contributed by atoms with Crippen LogP contribution in [0, 0.1) is 12.7 Å². The summed E-state index contributed by atoms with van der Waals surface area (Å²) in [7, 11) is 0. The molecule has 1 heterocycles. The first-order chi connectivity index (χ1) is 7.54. The van der Waals surface area contributed by atoms with Crippen LogP contribution in [-0.4, -0.2) is 4.98 Å². The average Bonchev–Trinajstić information content (AvgIpc) is 2.21.